The largest absolute Gasteiger partial charge is 0.492 e. The lowest BCUT2D eigenvalue weighted by Gasteiger charge is -2.14. The Balaban J connectivity index is 0.00000306. The molecule has 0 saturated heterocycles. The quantitative estimate of drug-likeness (QED) is 0.233. The highest BCUT2D eigenvalue weighted by Gasteiger charge is 2.13. The number of ether oxygens (including phenoxy) is 1. The third kappa shape index (κ3) is 6.47. The van der Waals surface area contributed by atoms with Crippen molar-refractivity contribution in [2.45, 2.75) is 11.9 Å². The fourth-order valence-corrected chi connectivity index (χ4v) is 4.90. The number of nitrogens with two attached hydrogens (primary N) is 1. The number of aromatic nitrogens is 1. The van der Waals surface area contributed by atoms with E-state index in [-0.39, 0.29) is 18.2 Å². The van der Waals surface area contributed by atoms with Gasteiger partial charge in [0.15, 0.2) is 0 Å². The van der Waals surface area contributed by atoms with Crippen LogP contribution in [0.3, 0.4) is 0 Å². The van der Waals surface area contributed by atoms with Gasteiger partial charge in [-0.25, -0.2) is 13.6 Å². The summed E-state index contributed by atoms with van der Waals surface area (Å²) in [6, 6.07) is 19.3. The molecule has 0 aliphatic heterocycles. The molecule has 5 N–H and O–H groups in total. The van der Waals surface area contributed by atoms with E-state index in [2.05, 4.69) is 38.4 Å². The van der Waals surface area contributed by atoms with Crippen molar-refractivity contribution in [3.63, 3.8) is 0 Å². The Morgan fingerprint density at radius 3 is 2.61 bits per heavy atom. The summed E-state index contributed by atoms with van der Waals surface area (Å²) in [5.41, 5.74) is 3.25. The van der Waals surface area contributed by atoms with Gasteiger partial charge in [0.2, 0.25) is 10.0 Å². The molecule has 0 fully saturated rings. The predicted octanol–water partition coefficient (Wildman–Crippen LogP) is 4.00. The number of rotatable bonds is 9. The molecule has 0 saturated carbocycles. The summed E-state index contributed by atoms with van der Waals surface area (Å²) >= 11 is 3.32. The van der Waals surface area contributed by atoms with Crippen LogP contribution in [0.4, 0.5) is 0 Å². The molecule has 0 spiro atoms. The van der Waals surface area contributed by atoms with Crippen LogP contribution in [0.15, 0.2) is 65.1 Å². The molecule has 1 unspecified atom stereocenters. The number of hydrogen-bond donors (Lipinski definition) is 4. The Bertz CT molecular complexity index is 1360. The standard InChI is InChI=1S/C23H24BrN3O4S.ClH/c24-20-8-5-15(11-16(20)14-32(25,29)30)23(28)13-26-9-10-31-17-6-7-19-18-3-1-2-4-21(18)27-22(19)12-17;/h1-8,11-12,23,26-28H,9-10,13-14H2,(H2,25,29,30);1H. The Labute approximate surface area is 206 Å². The molecule has 1 atom stereocenters. The lowest BCUT2D eigenvalue weighted by atomic mass is 10.1. The lowest BCUT2D eigenvalue weighted by molar-refractivity contribution is 0.172. The molecule has 33 heavy (non-hydrogen) atoms. The first-order valence-electron chi connectivity index (χ1n) is 10.1. The fraction of sp³-hybridized carbons (Fsp3) is 0.217. The third-order valence-electron chi connectivity index (χ3n) is 5.17. The van der Waals surface area contributed by atoms with Gasteiger partial charge >= 0.3 is 0 Å². The summed E-state index contributed by atoms with van der Waals surface area (Å²) < 4.78 is 29.2. The normalized spacial score (nSPS) is 12.6. The molecule has 3 aromatic carbocycles. The van der Waals surface area contributed by atoms with Crippen LogP contribution >= 0.6 is 28.3 Å². The zero-order valence-corrected chi connectivity index (χ0v) is 20.8. The van der Waals surface area contributed by atoms with Crippen LogP contribution in [0, 0.1) is 0 Å². The van der Waals surface area contributed by atoms with Crippen molar-refractivity contribution in [1.29, 1.82) is 0 Å². The fourth-order valence-electron chi connectivity index (χ4n) is 3.65. The van der Waals surface area contributed by atoms with Gasteiger partial charge in [-0.15, -0.1) is 12.4 Å². The van der Waals surface area contributed by atoms with E-state index in [1.165, 1.54) is 5.39 Å². The minimum absolute atomic E-state index is 0. The molecule has 0 bridgehead atoms. The second-order valence-electron chi connectivity index (χ2n) is 7.60. The average molecular weight is 555 g/mol. The minimum Gasteiger partial charge on any atom is -0.492 e. The van der Waals surface area contributed by atoms with Crippen molar-refractivity contribution < 1.29 is 18.3 Å². The van der Waals surface area contributed by atoms with E-state index in [0.29, 0.717) is 35.3 Å². The van der Waals surface area contributed by atoms with E-state index >= 15 is 0 Å². The van der Waals surface area contributed by atoms with E-state index in [0.717, 1.165) is 22.2 Å². The summed E-state index contributed by atoms with van der Waals surface area (Å²) in [7, 11) is -3.66. The molecular weight excluding hydrogens is 530 g/mol. The summed E-state index contributed by atoms with van der Waals surface area (Å²) in [6.07, 6.45) is -0.787. The molecular formula is C23H25BrClN3O4S. The molecule has 10 heteroatoms. The van der Waals surface area contributed by atoms with Gasteiger partial charge in [-0.05, 0) is 35.4 Å². The second kappa shape index (κ2) is 10.9. The van der Waals surface area contributed by atoms with E-state index in [9.17, 15) is 13.5 Å². The number of nitrogens with one attached hydrogen (secondary N) is 2. The molecule has 176 valence electrons. The first-order chi connectivity index (χ1) is 15.3. The van der Waals surface area contributed by atoms with Crippen LogP contribution in [0.1, 0.15) is 17.2 Å². The van der Waals surface area contributed by atoms with Crippen molar-refractivity contribution in [2.24, 2.45) is 5.14 Å². The maximum absolute atomic E-state index is 11.4. The molecule has 0 aliphatic rings. The summed E-state index contributed by atoms with van der Waals surface area (Å²) in [6.45, 7) is 1.29. The van der Waals surface area contributed by atoms with Gasteiger partial charge < -0.3 is 20.1 Å². The molecule has 1 aromatic heterocycles. The highest BCUT2D eigenvalue weighted by molar-refractivity contribution is 9.10. The number of sulfonamides is 1. The molecule has 4 rings (SSSR count). The Morgan fingerprint density at radius 1 is 1.06 bits per heavy atom. The summed E-state index contributed by atoms with van der Waals surface area (Å²) in [4.78, 5) is 3.40. The Kier molecular flexibility index (Phi) is 8.38. The van der Waals surface area contributed by atoms with Gasteiger partial charge in [0, 0.05) is 39.9 Å². The molecule has 4 aromatic rings. The van der Waals surface area contributed by atoms with E-state index in [4.69, 9.17) is 9.88 Å². The zero-order chi connectivity index (χ0) is 22.7. The lowest BCUT2D eigenvalue weighted by Crippen LogP contribution is -2.26. The first-order valence-corrected chi connectivity index (χ1v) is 12.6. The van der Waals surface area contributed by atoms with Crippen molar-refractivity contribution >= 4 is 60.2 Å². The average Bonchev–Trinajstić information content (AvgIpc) is 3.11. The van der Waals surface area contributed by atoms with Gasteiger partial charge in [0.1, 0.15) is 12.4 Å². The number of aliphatic hydroxyl groups excluding tert-OH is 1. The smallest absolute Gasteiger partial charge is 0.213 e. The number of hydrogen-bond acceptors (Lipinski definition) is 5. The van der Waals surface area contributed by atoms with Crippen LogP contribution in [0.2, 0.25) is 0 Å². The van der Waals surface area contributed by atoms with Gasteiger partial charge in [0.05, 0.1) is 17.4 Å². The van der Waals surface area contributed by atoms with E-state index in [1.54, 1.807) is 18.2 Å². The molecule has 0 radical (unpaired) electrons. The number of H-pyrrole nitrogens is 1. The van der Waals surface area contributed by atoms with Gasteiger partial charge in [-0.1, -0.05) is 46.3 Å². The SMILES string of the molecule is Cl.NS(=O)(=O)Cc1cc(C(O)CNCCOc2ccc3c(c2)[nH]c2ccccc23)ccc1Br. The number of primary sulfonamides is 1. The van der Waals surface area contributed by atoms with Crippen molar-refractivity contribution in [3.8, 4) is 5.75 Å². The molecule has 1 heterocycles. The monoisotopic (exact) mass is 553 g/mol. The van der Waals surface area contributed by atoms with E-state index in [1.807, 2.05) is 30.3 Å². The minimum atomic E-state index is -3.66. The number of para-hydroxylation sites is 1. The van der Waals surface area contributed by atoms with Crippen molar-refractivity contribution in [3.05, 3.63) is 76.3 Å². The van der Waals surface area contributed by atoms with E-state index < -0.39 is 16.1 Å². The molecule has 0 amide bonds. The zero-order valence-electron chi connectivity index (χ0n) is 17.6. The Hall–Kier alpha value is -2.14. The highest BCUT2D eigenvalue weighted by Crippen LogP contribution is 2.28. The predicted molar refractivity (Wildman–Crippen MR) is 137 cm³/mol. The van der Waals surface area contributed by atoms with Crippen molar-refractivity contribution in [1.82, 2.24) is 10.3 Å². The van der Waals surface area contributed by atoms with Crippen LogP contribution in [-0.4, -0.2) is 38.2 Å². The highest BCUT2D eigenvalue weighted by atomic mass is 79.9. The van der Waals surface area contributed by atoms with Crippen LogP contribution in [0.5, 0.6) is 5.75 Å². The third-order valence-corrected chi connectivity index (χ3v) is 6.66. The number of benzene rings is 3. The maximum Gasteiger partial charge on any atom is 0.213 e. The van der Waals surface area contributed by atoms with Crippen LogP contribution < -0.4 is 15.2 Å². The van der Waals surface area contributed by atoms with Crippen molar-refractivity contribution in [2.75, 3.05) is 19.7 Å². The number of fused-ring (bicyclic) bond motifs is 3. The van der Waals surface area contributed by atoms with Gasteiger partial charge in [-0.3, -0.25) is 0 Å². The number of halogens is 2. The van der Waals surface area contributed by atoms with Crippen LogP contribution in [-0.2, 0) is 15.8 Å². The summed E-state index contributed by atoms with van der Waals surface area (Å²) in [5.74, 6) is 0.475. The second-order valence-corrected chi connectivity index (χ2v) is 10.1. The van der Waals surface area contributed by atoms with Crippen LogP contribution in [0.25, 0.3) is 21.8 Å². The topological polar surface area (TPSA) is 117 Å². The molecule has 7 nitrogen and oxygen atoms in total. The first kappa shape index (κ1) is 25.5. The Morgan fingerprint density at radius 2 is 1.82 bits per heavy atom. The van der Waals surface area contributed by atoms with Gasteiger partial charge in [-0.2, -0.15) is 0 Å². The summed E-state index contributed by atoms with van der Waals surface area (Å²) in [5, 5.41) is 21.1. The van der Waals surface area contributed by atoms with Gasteiger partial charge in [0.25, 0.3) is 0 Å². The number of aromatic amines is 1. The maximum atomic E-state index is 11.4. The number of aliphatic hydroxyl groups is 1. The molecule has 0 aliphatic carbocycles.